The highest BCUT2D eigenvalue weighted by Crippen LogP contribution is 2.33. The van der Waals surface area contributed by atoms with Crippen LogP contribution in [0.15, 0.2) is 42.0 Å². The van der Waals surface area contributed by atoms with Crippen molar-refractivity contribution in [2.45, 2.75) is 51.7 Å². The summed E-state index contributed by atoms with van der Waals surface area (Å²) < 4.78 is 38.8. The maximum atomic E-state index is 12.9. The van der Waals surface area contributed by atoms with Crippen LogP contribution >= 0.6 is 0 Å². The molecule has 0 radical (unpaired) electrons. The molecule has 0 saturated carbocycles. The first-order chi connectivity index (χ1) is 19.0. The molecule has 0 aromatic heterocycles. The third-order valence-corrected chi connectivity index (χ3v) is 7.93. The summed E-state index contributed by atoms with van der Waals surface area (Å²) in [5.74, 6) is -2.48. The Kier molecular flexibility index (Phi) is 9.55. The number of amides is 3. The van der Waals surface area contributed by atoms with Crippen LogP contribution in [0.4, 0.5) is 24.5 Å². The molecule has 3 N–H and O–H groups in total. The molecule has 40 heavy (non-hydrogen) atoms. The van der Waals surface area contributed by atoms with Gasteiger partial charge in [0.2, 0.25) is 11.8 Å². The molecule has 4 rings (SSSR count). The monoisotopic (exact) mass is 561 g/mol. The van der Waals surface area contributed by atoms with Crippen molar-refractivity contribution in [2.24, 2.45) is 11.8 Å². The Morgan fingerprint density at radius 3 is 2.48 bits per heavy atom. The molecule has 3 aliphatic rings. The van der Waals surface area contributed by atoms with E-state index in [1.165, 1.54) is 19.1 Å². The largest absolute Gasteiger partial charge is 0.395 e. The van der Waals surface area contributed by atoms with Crippen LogP contribution in [0.2, 0.25) is 0 Å². The van der Waals surface area contributed by atoms with Gasteiger partial charge in [0.25, 0.3) is 5.91 Å². The highest BCUT2D eigenvalue weighted by molar-refractivity contribution is 5.98. The first-order valence-electron chi connectivity index (χ1n) is 13.9. The average Bonchev–Trinajstić information content (AvgIpc) is 3.40. The van der Waals surface area contributed by atoms with E-state index in [1.54, 1.807) is 0 Å². The second-order valence-electron chi connectivity index (χ2n) is 10.9. The number of piperidine rings is 1. The number of allylic oxidation sites excluding steroid dienone is 2. The molecule has 0 spiro atoms. The van der Waals surface area contributed by atoms with Gasteiger partial charge in [-0.25, -0.2) is 0 Å². The smallest absolute Gasteiger partial charge is 0.371 e. The molecule has 218 valence electrons. The van der Waals surface area contributed by atoms with Gasteiger partial charge in [0, 0.05) is 56.1 Å². The topological polar surface area (TPSA) is 93.8 Å². The number of benzene rings is 1. The van der Waals surface area contributed by atoms with Crippen LogP contribution in [-0.4, -0.2) is 74.1 Å². The molecule has 2 aliphatic heterocycles. The van der Waals surface area contributed by atoms with Gasteiger partial charge < -0.3 is 20.9 Å². The van der Waals surface area contributed by atoms with Gasteiger partial charge >= 0.3 is 6.18 Å². The van der Waals surface area contributed by atoms with Crippen molar-refractivity contribution >= 4 is 29.1 Å². The van der Waals surface area contributed by atoms with Gasteiger partial charge in [-0.15, -0.1) is 0 Å². The lowest BCUT2D eigenvalue weighted by Gasteiger charge is -2.38. The fourth-order valence-corrected chi connectivity index (χ4v) is 5.67. The molecule has 1 aliphatic carbocycles. The fourth-order valence-electron chi connectivity index (χ4n) is 5.67. The third kappa shape index (κ3) is 7.87. The summed E-state index contributed by atoms with van der Waals surface area (Å²) in [6, 6.07) is 6.62. The van der Waals surface area contributed by atoms with Crippen molar-refractivity contribution in [3.63, 3.8) is 0 Å². The Balaban J connectivity index is 1.15. The SMILES string of the molecule is CC(=O)Nc1ccc(N2CCC(N3CC[C@@H](CNC(=O)CNC(=O)C4=CC(C(F)(F)F)CC=C4)C3)CC2)cc1C. The summed E-state index contributed by atoms with van der Waals surface area (Å²) in [5, 5.41) is 8.13. The van der Waals surface area contributed by atoms with Gasteiger partial charge in [-0.3, -0.25) is 19.3 Å². The molecule has 1 aromatic carbocycles. The molecule has 8 nitrogen and oxygen atoms in total. The molecule has 2 saturated heterocycles. The van der Waals surface area contributed by atoms with Gasteiger partial charge in [-0.1, -0.05) is 18.2 Å². The molecule has 2 atom stereocenters. The maximum Gasteiger partial charge on any atom is 0.395 e. The van der Waals surface area contributed by atoms with Crippen LogP contribution < -0.4 is 20.9 Å². The number of alkyl halides is 3. The molecule has 2 fully saturated rings. The Hall–Kier alpha value is -3.34. The lowest BCUT2D eigenvalue weighted by atomic mass is 9.95. The lowest BCUT2D eigenvalue weighted by molar-refractivity contribution is -0.160. The molecule has 0 bridgehead atoms. The zero-order valence-corrected chi connectivity index (χ0v) is 23.0. The minimum Gasteiger partial charge on any atom is -0.371 e. The maximum absolute atomic E-state index is 12.9. The number of nitrogens with zero attached hydrogens (tertiary/aromatic N) is 2. The predicted molar refractivity (Wildman–Crippen MR) is 148 cm³/mol. The number of anilines is 2. The number of likely N-dealkylation sites (tertiary alicyclic amines) is 1. The first kappa shape index (κ1) is 29.6. The predicted octanol–water partition coefficient (Wildman–Crippen LogP) is 3.54. The minimum atomic E-state index is -4.40. The lowest BCUT2D eigenvalue weighted by Crippen LogP contribution is -2.44. The Morgan fingerprint density at radius 2 is 1.80 bits per heavy atom. The summed E-state index contributed by atoms with van der Waals surface area (Å²) in [6.07, 6.45) is 2.10. The number of carbonyl (C=O) groups excluding carboxylic acids is 3. The van der Waals surface area contributed by atoms with E-state index in [9.17, 15) is 27.6 Å². The van der Waals surface area contributed by atoms with E-state index < -0.39 is 18.0 Å². The van der Waals surface area contributed by atoms with Crippen LogP contribution in [0.25, 0.3) is 0 Å². The minimum absolute atomic E-state index is 0.0732. The zero-order valence-electron chi connectivity index (χ0n) is 23.0. The number of nitrogens with one attached hydrogen (secondary N) is 3. The second-order valence-corrected chi connectivity index (χ2v) is 10.9. The van der Waals surface area contributed by atoms with E-state index in [1.807, 2.05) is 13.0 Å². The second kappa shape index (κ2) is 12.9. The van der Waals surface area contributed by atoms with Gasteiger partial charge in [0.15, 0.2) is 0 Å². The van der Waals surface area contributed by atoms with Crippen LogP contribution in [0.1, 0.15) is 38.2 Å². The van der Waals surface area contributed by atoms with Gasteiger partial charge in [0.1, 0.15) is 0 Å². The van der Waals surface area contributed by atoms with E-state index in [-0.39, 0.29) is 30.4 Å². The van der Waals surface area contributed by atoms with Crippen LogP contribution in [0.5, 0.6) is 0 Å². The van der Waals surface area contributed by atoms with E-state index in [0.717, 1.165) is 68.5 Å². The van der Waals surface area contributed by atoms with Crippen molar-refractivity contribution in [3.8, 4) is 0 Å². The Bertz CT molecular complexity index is 1160. The Morgan fingerprint density at radius 1 is 1.05 bits per heavy atom. The molecule has 1 unspecified atom stereocenters. The van der Waals surface area contributed by atoms with Gasteiger partial charge in [-0.2, -0.15) is 13.2 Å². The van der Waals surface area contributed by atoms with Crippen LogP contribution in [-0.2, 0) is 14.4 Å². The summed E-state index contributed by atoms with van der Waals surface area (Å²) in [6.45, 7) is 7.52. The summed E-state index contributed by atoms with van der Waals surface area (Å²) in [5.41, 5.74) is 2.96. The number of rotatable bonds is 8. The van der Waals surface area contributed by atoms with Crippen molar-refractivity contribution in [1.29, 1.82) is 0 Å². The average molecular weight is 562 g/mol. The van der Waals surface area contributed by atoms with E-state index in [2.05, 4.69) is 37.9 Å². The summed E-state index contributed by atoms with van der Waals surface area (Å²) >= 11 is 0. The number of hydrogen-bond donors (Lipinski definition) is 3. The highest BCUT2D eigenvalue weighted by Gasteiger charge is 2.38. The molecular weight excluding hydrogens is 523 g/mol. The number of carbonyl (C=O) groups is 3. The van der Waals surface area contributed by atoms with Crippen molar-refractivity contribution < 1.29 is 27.6 Å². The highest BCUT2D eigenvalue weighted by atomic mass is 19.4. The van der Waals surface area contributed by atoms with Gasteiger partial charge in [-0.05, 0) is 68.8 Å². The standard InChI is InChI=1S/C29H38F3N5O3/c1-19-14-25(6-7-26(19)35-20(2)38)36-12-9-24(10-13-36)37-11-8-21(18-37)16-33-27(39)17-34-28(40)22-4-3-5-23(15-22)29(30,31)32/h3-4,6-7,14-15,21,23-24H,5,8-13,16-18H2,1-2H3,(H,33,39)(H,34,40)(H,35,38)/t21-,23?/m0/s1. The summed E-state index contributed by atoms with van der Waals surface area (Å²) in [7, 11) is 0. The van der Waals surface area contributed by atoms with E-state index in [0.29, 0.717) is 18.5 Å². The molecule has 11 heteroatoms. The van der Waals surface area contributed by atoms with Crippen molar-refractivity contribution in [3.05, 3.63) is 47.6 Å². The molecule has 1 aromatic rings. The fraction of sp³-hybridized carbons (Fsp3) is 0.552. The molecule has 3 amide bonds. The van der Waals surface area contributed by atoms with Crippen molar-refractivity contribution in [1.82, 2.24) is 15.5 Å². The third-order valence-electron chi connectivity index (χ3n) is 7.93. The van der Waals surface area contributed by atoms with E-state index in [4.69, 9.17) is 0 Å². The van der Waals surface area contributed by atoms with Gasteiger partial charge in [0.05, 0.1) is 12.5 Å². The number of halogens is 3. The van der Waals surface area contributed by atoms with Crippen molar-refractivity contribution in [2.75, 3.05) is 49.5 Å². The summed E-state index contributed by atoms with van der Waals surface area (Å²) in [4.78, 5) is 40.8. The van der Waals surface area contributed by atoms with Crippen LogP contribution in [0.3, 0.4) is 0 Å². The Labute approximate surface area is 233 Å². The molecule has 2 heterocycles. The van der Waals surface area contributed by atoms with Crippen LogP contribution in [0, 0.1) is 18.8 Å². The zero-order chi connectivity index (χ0) is 28.9. The normalized spacial score (nSPS) is 22.1. The number of hydrogen-bond acceptors (Lipinski definition) is 5. The number of aryl methyl sites for hydroxylation is 1. The molecular formula is C29H38F3N5O3. The van der Waals surface area contributed by atoms with E-state index >= 15 is 0 Å². The first-order valence-corrected chi connectivity index (χ1v) is 13.9. The quantitative estimate of drug-likeness (QED) is 0.452.